The van der Waals surface area contributed by atoms with E-state index in [0.29, 0.717) is 24.5 Å². The molecule has 1 N–H and O–H groups in total. The molecular formula is C12H15NO4S. The van der Waals surface area contributed by atoms with Crippen molar-refractivity contribution in [3.05, 3.63) is 23.8 Å². The number of hydrogen-bond donors (Lipinski definition) is 1. The number of fused-ring (bicyclic) bond motifs is 1. The van der Waals surface area contributed by atoms with E-state index in [0.717, 1.165) is 12.1 Å². The molecule has 1 fully saturated rings. The van der Waals surface area contributed by atoms with Crippen LogP contribution in [0.5, 0.6) is 11.5 Å². The first-order chi connectivity index (χ1) is 8.65. The molecule has 98 valence electrons. The number of hydrogen-bond acceptors (Lipinski definition) is 5. The van der Waals surface area contributed by atoms with Gasteiger partial charge >= 0.3 is 0 Å². The maximum Gasteiger partial charge on any atom is 0.231 e. The Morgan fingerprint density at radius 2 is 2.11 bits per heavy atom. The fraction of sp³-hybridized carbons (Fsp3) is 0.500. The average Bonchev–Trinajstić information content (AvgIpc) is 2.99. The summed E-state index contributed by atoms with van der Waals surface area (Å²) >= 11 is 0. The number of sulfone groups is 1. The van der Waals surface area contributed by atoms with Crippen LogP contribution in [0.3, 0.4) is 0 Å². The molecule has 1 aromatic carbocycles. The summed E-state index contributed by atoms with van der Waals surface area (Å²) in [5, 5.41) is 2.82. The van der Waals surface area contributed by atoms with Gasteiger partial charge in [0, 0.05) is 6.54 Å². The topological polar surface area (TPSA) is 64.6 Å². The SMILES string of the molecule is O=S(=O)(Cc1ccc2c(c1)OCO2)C1CCNC1. The van der Waals surface area contributed by atoms with E-state index in [1.54, 1.807) is 18.2 Å². The Morgan fingerprint density at radius 3 is 2.89 bits per heavy atom. The number of ether oxygens (including phenoxy) is 2. The normalized spacial score (nSPS) is 22.3. The first kappa shape index (κ1) is 11.8. The summed E-state index contributed by atoms with van der Waals surface area (Å²) in [6.07, 6.45) is 0.701. The lowest BCUT2D eigenvalue weighted by molar-refractivity contribution is 0.174. The highest BCUT2D eigenvalue weighted by Crippen LogP contribution is 2.33. The van der Waals surface area contributed by atoms with Crippen molar-refractivity contribution in [1.82, 2.24) is 5.32 Å². The number of benzene rings is 1. The predicted molar refractivity (Wildman–Crippen MR) is 66.5 cm³/mol. The molecule has 0 amide bonds. The van der Waals surface area contributed by atoms with Gasteiger partial charge in [-0.2, -0.15) is 0 Å². The van der Waals surface area contributed by atoms with Gasteiger partial charge in [0.1, 0.15) is 0 Å². The first-order valence-corrected chi connectivity index (χ1v) is 7.67. The largest absolute Gasteiger partial charge is 0.454 e. The van der Waals surface area contributed by atoms with E-state index >= 15 is 0 Å². The Hall–Kier alpha value is -1.27. The lowest BCUT2D eigenvalue weighted by atomic mass is 10.2. The monoisotopic (exact) mass is 269 g/mol. The van der Waals surface area contributed by atoms with Gasteiger partial charge in [-0.1, -0.05) is 6.07 Å². The summed E-state index contributed by atoms with van der Waals surface area (Å²) in [7, 11) is -3.09. The van der Waals surface area contributed by atoms with Gasteiger partial charge in [0.25, 0.3) is 0 Å². The minimum Gasteiger partial charge on any atom is -0.454 e. The van der Waals surface area contributed by atoms with Crippen molar-refractivity contribution in [3.63, 3.8) is 0 Å². The molecule has 0 bridgehead atoms. The third-order valence-electron chi connectivity index (χ3n) is 3.33. The maximum absolute atomic E-state index is 12.2. The van der Waals surface area contributed by atoms with E-state index < -0.39 is 9.84 Å². The van der Waals surface area contributed by atoms with Crippen LogP contribution in [0.2, 0.25) is 0 Å². The Balaban J connectivity index is 1.80. The van der Waals surface area contributed by atoms with Crippen LogP contribution in [-0.2, 0) is 15.6 Å². The predicted octanol–water partition coefficient (Wildman–Crippen LogP) is 0.692. The smallest absolute Gasteiger partial charge is 0.231 e. The van der Waals surface area contributed by atoms with Crippen molar-refractivity contribution in [2.45, 2.75) is 17.4 Å². The summed E-state index contributed by atoms with van der Waals surface area (Å²) < 4.78 is 34.8. The van der Waals surface area contributed by atoms with Crippen molar-refractivity contribution in [2.24, 2.45) is 0 Å². The summed E-state index contributed by atoms with van der Waals surface area (Å²) in [5.74, 6) is 1.38. The van der Waals surface area contributed by atoms with Crippen molar-refractivity contribution >= 4 is 9.84 Å². The van der Waals surface area contributed by atoms with Crippen molar-refractivity contribution in [3.8, 4) is 11.5 Å². The Bertz CT molecular complexity index is 549. The molecule has 0 aromatic heterocycles. The van der Waals surface area contributed by atoms with Gasteiger partial charge in [0.15, 0.2) is 21.3 Å². The molecule has 6 heteroatoms. The third kappa shape index (κ3) is 2.18. The zero-order valence-electron chi connectivity index (χ0n) is 9.89. The molecule has 0 saturated carbocycles. The second-order valence-electron chi connectivity index (χ2n) is 4.61. The minimum absolute atomic E-state index is 0.0655. The van der Waals surface area contributed by atoms with Crippen molar-refractivity contribution in [1.29, 1.82) is 0 Å². The van der Waals surface area contributed by atoms with Gasteiger partial charge < -0.3 is 14.8 Å². The zero-order chi connectivity index (χ0) is 12.6. The van der Waals surface area contributed by atoms with E-state index in [1.807, 2.05) is 0 Å². The molecule has 2 aliphatic rings. The van der Waals surface area contributed by atoms with E-state index in [2.05, 4.69) is 5.32 Å². The highest BCUT2D eigenvalue weighted by atomic mass is 32.2. The lowest BCUT2D eigenvalue weighted by Gasteiger charge is -2.10. The van der Waals surface area contributed by atoms with Crippen LogP contribution >= 0.6 is 0 Å². The fourth-order valence-corrected chi connectivity index (χ4v) is 4.04. The Morgan fingerprint density at radius 1 is 1.28 bits per heavy atom. The molecule has 2 aliphatic heterocycles. The van der Waals surface area contributed by atoms with Gasteiger partial charge in [-0.15, -0.1) is 0 Å². The van der Waals surface area contributed by atoms with Crippen molar-refractivity contribution in [2.75, 3.05) is 19.9 Å². The molecule has 1 atom stereocenters. The molecule has 3 rings (SSSR count). The highest BCUT2D eigenvalue weighted by Gasteiger charge is 2.29. The molecule has 2 heterocycles. The number of rotatable bonds is 3. The van der Waals surface area contributed by atoms with Crippen LogP contribution in [0, 0.1) is 0 Å². The molecule has 0 radical (unpaired) electrons. The average molecular weight is 269 g/mol. The summed E-state index contributed by atoms with van der Waals surface area (Å²) in [6.45, 7) is 1.55. The van der Waals surface area contributed by atoms with Crippen LogP contribution < -0.4 is 14.8 Å². The Labute approximate surface area is 106 Å². The highest BCUT2D eigenvalue weighted by molar-refractivity contribution is 7.91. The molecular weight excluding hydrogens is 254 g/mol. The second kappa shape index (κ2) is 4.44. The van der Waals surface area contributed by atoms with E-state index in [1.165, 1.54) is 0 Å². The van der Waals surface area contributed by atoms with E-state index in [-0.39, 0.29) is 17.8 Å². The molecule has 0 spiro atoms. The second-order valence-corrected chi connectivity index (χ2v) is 6.89. The van der Waals surface area contributed by atoms with E-state index in [9.17, 15) is 8.42 Å². The van der Waals surface area contributed by atoms with Gasteiger partial charge in [0.05, 0.1) is 11.0 Å². The maximum atomic E-state index is 12.2. The van der Waals surface area contributed by atoms with Crippen LogP contribution in [0.15, 0.2) is 18.2 Å². The lowest BCUT2D eigenvalue weighted by Crippen LogP contribution is -2.25. The molecule has 5 nitrogen and oxygen atoms in total. The molecule has 18 heavy (non-hydrogen) atoms. The minimum atomic E-state index is -3.09. The zero-order valence-corrected chi connectivity index (χ0v) is 10.7. The molecule has 1 aromatic rings. The van der Waals surface area contributed by atoms with Crippen LogP contribution in [-0.4, -0.2) is 33.6 Å². The Kier molecular flexibility index (Phi) is 2.91. The first-order valence-electron chi connectivity index (χ1n) is 5.96. The summed E-state index contributed by atoms with van der Waals surface area (Å²) in [4.78, 5) is 0. The number of nitrogens with one attached hydrogen (secondary N) is 1. The van der Waals surface area contributed by atoms with Crippen LogP contribution in [0.25, 0.3) is 0 Å². The summed E-state index contributed by atoms with van der Waals surface area (Å²) in [5.41, 5.74) is 0.756. The van der Waals surface area contributed by atoms with Gasteiger partial charge in [0.2, 0.25) is 6.79 Å². The quantitative estimate of drug-likeness (QED) is 0.874. The van der Waals surface area contributed by atoms with Crippen molar-refractivity contribution < 1.29 is 17.9 Å². The molecule has 1 unspecified atom stereocenters. The van der Waals surface area contributed by atoms with E-state index in [4.69, 9.17) is 9.47 Å². The third-order valence-corrected chi connectivity index (χ3v) is 5.48. The van der Waals surface area contributed by atoms with Gasteiger partial charge in [-0.3, -0.25) is 0 Å². The van der Waals surface area contributed by atoms with Gasteiger partial charge in [-0.25, -0.2) is 8.42 Å². The van der Waals surface area contributed by atoms with Crippen LogP contribution in [0.4, 0.5) is 0 Å². The standard InChI is InChI=1S/C12H15NO4S/c14-18(15,10-3-4-13-6-10)7-9-1-2-11-12(5-9)17-8-16-11/h1-2,5,10,13H,3-4,6-8H2. The summed E-state index contributed by atoms with van der Waals surface area (Å²) in [6, 6.07) is 5.30. The molecule has 0 aliphatic carbocycles. The molecule has 1 saturated heterocycles. The van der Waals surface area contributed by atoms with Crippen LogP contribution in [0.1, 0.15) is 12.0 Å². The van der Waals surface area contributed by atoms with Gasteiger partial charge in [-0.05, 0) is 30.7 Å². The fourth-order valence-electron chi connectivity index (χ4n) is 2.32.